The molecule has 0 aliphatic rings. The van der Waals surface area contributed by atoms with E-state index in [0.717, 1.165) is 12.8 Å². The molecule has 0 rings (SSSR count). The van der Waals surface area contributed by atoms with Gasteiger partial charge in [-0.1, -0.05) is 0 Å². The first-order chi connectivity index (χ1) is 4.72. The number of rotatable bonds is 5. The van der Waals surface area contributed by atoms with E-state index in [9.17, 15) is 0 Å². The van der Waals surface area contributed by atoms with Gasteiger partial charge < -0.3 is 11.5 Å². The molecule has 2 nitrogen and oxygen atoms in total. The molecule has 4 N–H and O–H groups in total. The molecule has 0 aliphatic carbocycles. The highest BCUT2D eigenvalue weighted by Gasteiger charge is 2.13. The Labute approximate surface area is 71.9 Å². The monoisotopic (exact) mass is 184 g/mol. The average Bonchev–Trinajstić information content (AvgIpc) is 1.89. The summed E-state index contributed by atoms with van der Waals surface area (Å²) in [5, 5.41) is -0.0644. The van der Waals surface area contributed by atoms with Gasteiger partial charge in [-0.25, -0.2) is 0 Å². The fourth-order valence-electron chi connectivity index (χ4n) is 0.680. The molecule has 4 heteroatoms. The van der Waals surface area contributed by atoms with Crippen LogP contribution in [0.1, 0.15) is 12.8 Å². The molecule has 0 amide bonds. The minimum atomic E-state index is -0.0322. The summed E-state index contributed by atoms with van der Waals surface area (Å²) < 4.78 is 0. The first-order valence-electron chi connectivity index (χ1n) is 3.40. The number of hydrogen-bond donors (Lipinski definition) is 2. The summed E-state index contributed by atoms with van der Waals surface area (Å²) in [7, 11) is 0. The van der Waals surface area contributed by atoms with E-state index in [0.29, 0.717) is 13.1 Å². The lowest BCUT2D eigenvalue weighted by Crippen LogP contribution is -2.21. The van der Waals surface area contributed by atoms with E-state index >= 15 is 0 Å². The summed E-state index contributed by atoms with van der Waals surface area (Å²) in [6.45, 7) is 1.17. The second-order valence-electron chi connectivity index (χ2n) is 2.19. The molecule has 0 radical (unpaired) electrons. The van der Waals surface area contributed by atoms with Gasteiger partial charge in [-0.05, 0) is 25.9 Å². The maximum atomic E-state index is 5.84. The summed E-state index contributed by atoms with van der Waals surface area (Å²) in [5.41, 5.74) is 10.6. The van der Waals surface area contributed by atoms with E-state index in [2.05, 4.69) is 0 Å². The van der Waals surface area contributed by atoms with Gasteiger partial charge in [0.05, 0.1) is 10.8 Å². The van der Waals surface area contributed by atoms with E-state index in [4.69, 9.17) is 34.7 Å². The van der Waals surface area contributed by atoms with Crippen molar-refractivity contribution in [2.75, 3.05) is 13.1 Å². The Morgan fingerprint density at radius 3 is 1.40 bits per heavy atom. The minimum absolute atomic E-state index is 0.0322. The van der Waals surface area contributed by atoms with Crippen molar-refractivity contribution in [1.82, 2.24) is 0 Å². The van der Waals surface area contributed by atoms with Crippen LogP contribution in [0.15, 0.2) is 0 Å². The van der Waals surface area contributed by atoms with E-state index in [1.807, 2.05) is 0 Å². The largest absolute Gasteiger partial charge is 0.330 e. The van der Waals surface area contributed by atoms with Crippen LogP contribution in [0.25, 0.3) is 0 Å². The van der Waals surface area contributed by atoms with Gasteiger partial charge >= 0.3 is 0 Å². The fraction of sp³-hybridized carbons (Fsp3) is 1.00. The van der Waals surface area contributed by atoms with Crippen molar-refractivity contribution < 1.29 is 0 Å². The lowest BCUT2D eigenvalue weighted by atomic mass is 10.2. The third kappa shape index (κ3) is 4.34. The van der Waals surface area contributed by atoms with Gasteiger partial charge in [-0.15, -0.1) is 23.2 Å². The molecular formula is C6H14Cl2N2. The van der Waals surface area contributed by atoms with Gasteiger partial charge in [0, 0.05) is 0 Å². The Balaban J connectivity index is 3.38. The first-order valence-corrected chi connectivity index (χ1v) is 4.28. The zero-order valence-corrected chi connectivity index (χ0v) is 7.41. The highest BCUT2D eigenvalue weighted by atomic mass is 35.5. The SMILES string of the molecule is NCCC(Cl)C(Cl)CCN. The van der Waals surface area contributed by atoms with Crippen LogP contribution in [0.5, 0.6) is 0 Å². The third-order valence-electron chi connectivity index (χ3n) is 1.28. The Kier molecular flexibility index (Phi) is 6.54. The van der Waals surface area contributed by atoms with Gasteiger partial charge in [0.2, 0.25) is 0 Å². The highest BCUT2D eigenvalue weighted by Crippen LogP contribution is 2.15. The van der Waals surface area contributed by atoms with Crippen LogP contribution in [0.4, 0.5) is 0 Å². The highest BCUT2D eigenvalue weighted by molar-refractivity contribution is 6.29. The minimum Gasteiger partial charge on any atom is -0.330 e. The van der Waals surface area contributed by atoms with Crippen LogP contribution in [-0.2, 0) is 0 Å². The van der Waals surface area contributed by atoms with Gasteiger partial charge in [-0.2, -0.15) is 0 Å². The normalized spacial score (nSPS) is 16.8. The van der Waals surface area contributed by atoms with Crippen molar-refractivity contribution in [3.05, 3.63) is 0 Å². The van der Waals surface area contributed by atoms with Crippen molar-refractivity contribution in [2.24, 2.45) is 11.5 Å². The summed E-state index contributed by atoms with van der Waals surface area (Å²) >= 11 is 11.7. The molecule has 0 aromatic rings. The second-order valence-corrected chi connectivity index (χ2v) is 3.31. The molecular weight excluding hydrogens is 171 g/mol. The Bertz CT molecular complexity index is 70.1. The summed E-state index contributed by atoms with van der Waals surface area (Å²) in [6.07, 6.45) is 1.52. The molecule has 0 saturated carbocycles. The molecule has 0 heterocycles. The number of nitrogens with two attached hydrogens (primary N) is 2. The zero-order chi connectivity index (χ0) is 7.98. The quantitative estimate of drug-likeness (QED) is 0.625. The second kappa shape index (κ2) is 6.23. The lowest BCUT2D eigenvalue weighted by molar-refractivity contribution is 0.669. The maximum absolute atomic E-state index is 5.84. The van der Waals surface area contributed by atoms with Gasteiger partial charge in [0.15, 0.2) is 0 Å². The standard InChI is InChI=1S/C6H14Cl2N2/c7-5(1-3-9)6(8)2-4-10/h5-6H,1-4,9-10H2. The summed E-state index contributed by atoms with van der Waals surface area (Å²) in [5.74, 6) is 0. The maximum Gasteiger partial charge on any atom is 0.0512 e. The van der Waals surface area contributed by atoms with Crippen molar-refractivity contribution in [3.8, 4) is 0 Å². The lowest BCUT2D eigenvalue weighted by Gasteiger charge is -2.13. The predicted octanol–water partition coefficient (Wildman–Crippen LogP) is 0.899. The van der Waals surface area contributed by atoms with Crippen LogP contribution in [0.3, 0.4) is 0 Å². The molecule has 0 aromatic carbocycles. The summed E-state index contributed by atoms with van der Waals surface area (Å²) in [4.78, 5) is 0. The van der Waals surface area contributed by atoms with Crippen molar-refractivity contribution in [1.29, 1.82) is 0 Å². The van der Waals surface area contributed by atoms with Crippen LogP contribution in [0, 0.1) is 0 Å². The van der Waals surface area contributed by atoms with Crippen LogP contribution >= 0.6 is 23.2 Å². The molecule has 0 saturated heterocycles. The first kappa shape index (κ1) is 10.5. The molecule has 0 fully saturated rings. The number of alkyl halides is 2. The van der Waals surface area contributed by atoms with E-state index < -0.39 is 0 Å². The number of hydrogen-bond acceptors (Lipinski definition) is 2. The zero-order valence-electron chi connectivity index (χ0n) is 5.89. The van der Waals surface area contributed by atoms with Crippen LogP contribution < -0.4 is 11.5 Å². The number of halogens is 2. The van der Waals surface area contributed by atoms with E-state index in [-0.39, 0.29) is 10.8 Å². The Hall–Kier alpha value is 0.500. The van der Waals surface area contributed by atoms with Gasteiger partial charge in [0.25, 0.3) is 0 Å². The van der Waals surface area contributed by atoms with Crippen molar-refractivity contribution in [3.63, 3.8) is 0 Å². The topological polar surface area (TPSA) is 52.0 Å². The van der Waals surface area contributed by atoms with E-state index in [1.54, 1.807) is 0 Å². The third-order valence-corrected chi connectivity index (χ3v) is 2.45. The molecule has 0 aliphatic heterocycles. The molecule has 10 heavy (non-hydrogen) atoms. The van der Waals surface area contributed by atoms with Crippen molar-refractivity contribution >= 4 is 23.2 Å². The molecule has 62 valence electrons. The molecule has 2 unspecified atom stereocenters. The fourth-order valence-corrected chi connectivity index (χ4v) is 1.18. The summed E-state index contributed by atoms with van der Waals surface area (Å²) in [6, 6.07) is 0. The average molecular weight is 185 g/mol. The van der Waals surface area contributed by atoms with E-state index in [1.165, 1.54) is 0 Å². The van der Waals surface area contributed by atoms with Crippen LogP contribution in [-0.4, -0.2) is 23.8 Å². The Morgan fingerprint density at radius 1 is 0.900 bits per heavy atom. The predicted molar refractivity (Wildman–Crippen MR) is 46.6 cm³/mol. The molecule has 2 atom stereocenters. The smallest absolute Gasteiger partial charge is 0.0512 e. The molecule has 0 aromatic heterocycles. The molecule has 0 bridgehead atoms. The Morgan fingerprint density at radius 2 is 1.20 bits per heavy atom. The van der Waals surface area contributed by atoms with Crippen LogP contribution in [0.2, 0.25) is 0 Å². The molecule has 0 spiro atoms. The van der Waals surface area contributed by atoms with Gasteiger partial charge in [-0.3, -0.25) is 0 Å². The van der Waals surface area contributed by atoms with Gasteiger partial charge in [0.1, 0.15) is 0 Å². The van der Waals surface area contributed by atoms with Crippen molar-refractivity contribution in [2.45, 2.75) is 23.6 Å².